The number of carbonyl (C=O) groups excluding carboxylic acids is 1. The molecular formula is C10H11ClO4. The maximum Gasteiger partial charge on any atom is 0.153 e. The molecule has 0 bridgehead atoms. The topological polar surface area (TPSA) is 77.8 Å². The molecular weight excluding hydrogens is 220 g/mol. The summed E-state index contributed by atoms with van der Waals surface area (Å²) in [5, 5.41) is 28.4. The zero-order valence-corrected chi connectivity index (χ0v) is 8.55. The lowest BCUT2D eigenvalue weighted by atomic mass is 10.0. The minimum Gasteiger partial charge on any atom is -0.507 e. The Morgan fingerprint density at radius 3 is 2.60 bits per heavy atom. The lowest BCUT2D eigenvalue weighted by Gasteiger charge is -2.17. The highest BCUT2D eigenvalue weighted by Gasteiger charge is 2.21. The third kappa shape index (κ3) is 2.47. The van der Waals surface area contributed by atoms with Gasteiger partial charge in [-0.1, -0.05) is 12.1 Å². The van der Waals surface area contributed by atoms with E-state index in [4.69, 9.17) is 11.6 Å². The van der Waals surface area contributed by atoms with Crippen LogP contribution in [-0.2, 0) is 0 Å². The van der Waals surface area contributed by atoms with E-state index in [1.54, 1.807) is 0 Å². The van der Waals surface area contributed by atoms with Crippen molar-refractivity contribution in [3.05, 3.63) is 29.3 Å². The Labute approximate surface area is 91.7 Å². The Kier molecular flexibility index (Phi) is 4.08. The third-order valence-corrected chi connectivity index (χ3v) is 2.38. The maximum absolute atomic E-state index is 10.5. The molecule has 0 radical (unpaired) electrons. The van der Waals surface area contributed by atoms with Crippen molar-refractivity contribution < 1.29 is 20.1 Å². The zero-order valence-electron chi connectivity index (χ0n) is 7.80. The number of alkyl halides is 1. The van der Waals surface area contributed by atoms with Gasteiger partial charge in [0, 0.05) is 5.56 Å². The number of phenols is 1. The Morgan fingerprint density at radius 2 is 2.07 bits per heavy atom. The van der Waals surface area contributed by atoms with Crippen molar-refractivity contribution in [3.63, 3.8) is 0 Å². The first kappa shape index (κ1) is 12.0. The fraction of sp³-hybridized carbons (Fsp3) is 0.300. The molecule has 0 heterocycles. The smallest absolute Gasteiger partial charge is 0.153 e. The number of benzene rings is 1. The molecule has 4 nitrogen and oxygen atoms in total. The number of rotatable bonds is 4. The van der Waals surface area contributed by atoms with Gasteiger partial charge in [0.1, 0.15) is 11.9 Å². The molecule has 0 aliphatic heterocycles. The second kappa shape index (κ2) is 5.11. The highest BCUT2D eigenvalue weighted by Crippen LogP contribution is 2.29. The molecule has 0 aliphatic carbocycles. The molecule has 82 valence electrons. The number of aldehydes is 1. The number of aliphatic hydroxyl groups excluding tert-OH is 2. The molecule has 2 unspecified atom stereocenters. The van der Waals surface area contributed by atoms with Crippen molar-refractivity contribution in [2.45, 2.75) is 12.2 Å². The van der Waals surface area contributed by atoms with E-state index in [2.05, 4.69) is 0 Å². The van der Waals surface area contributed by atoms with Crippen molar-refractivity contribution >= 4 is 17.9 Å². The highest BCUT2D eigenvalue weighted by molar-refractivity contribution is 6.18. The van der Waals surface area contributed by atoms with E-state index >= 15 is 0 Å². The highest BCUT2D eigenvalue weighted by atomic mass is 35.5. The lowest BCUT2D eigenvalue weighted by molar-refractivity contribution is 0.0312. The third-order valence-electron chi connectivity index (χ3n) is 2.07. The second-order valence-electron chi connectivity index (χ2n) is 3.07. The summed E-state index contributed by atoms with van der Waals surface area (Å²) < 4.78 is 0. The standard InChI is InChI=1S/C10H11ClO4/c11-4-8(13)10(15)7-3-1-2-6(5-12)9(7)14/h1-3,5,8,10,13-15H,4H2. The van der Waals surface area contributed by atoms with Gasteiger partial charge in [-0.25, -0.2) is 0 Å². The summed E-state index contributed by atoms with van der Waals surface area (Å²) in [6.45, 7) is 0. The SMILES string of the molecule is O=Cc1cccc(C(O)C(O)CCl)c1O. The van der Waals surface area contributed by atoms with Crippen LogP contribution in [0.5, 0.6) is 5.75 Å². The molecule has 0 aromatic heterocycles. The van der Waals surface area contributed by atoms with Gasteiger partial charge in [-0.05, 0) is 6.07 Å². The fourth-order valence-corrected chi connectivity index (χ4v) is 1.37. The van der Waals surface area contributed by atoms with E-state index < -0.39 is 12.2 Å². The minimum absolute atomic E-state index is 0.0633. The molecule has 1 rings (SSSR count). The predicted molar refractivity (Wildman–Crippen MR) is 55.2 cm³/mol. The number of phenolic OH excluding ortho intramolecular Hbond substituents is 1. The number of para-hydroxylation sites is 1. The van der Waals surface area contributed by atoms with Gasteiger partial charge in [0.15, 0.2) is 6.29 Å². The Bertz CT molecular complexity index is 353. The molecule has 0 aliphatic rings. The Morgan fingerprint density at radius 1 is 1.40 bits per heavy atom. The Hall–Kier alpha value is -1.10. The quantitative estimate of drug-likeness (QED) is 0.529. The van der Waals surface area contributed by atoms with Crippen molar-refractivity contribution in [2.75, 3.05) is 5.88 Å². The molecule has 5 heteroatoms. The number of aromatic hydroxyl groups is 1. The maximum atomic E-state index is 10.5. The molecule has 2 atom stereocenters. The average molecular weight is 231 g/mol. The summed E-state index contributed by atoms with van der Waals surface area (Å²) in [5.41, 5.74) is 0.154. The van der Waals surface area contributed by atoms with E-state index in [9.17, 15) is 20.1 Å². The number of aliphatic hydroxyl groups is 2. The molecule has 3 N–H and O–H groups in total. The molecule has 15 heavy (non-hydrogen) atoms. The van der Waals surface area contributed by atoms with Gasteiger partial charge in [0.25, 0.3) is 0 Å². The molecule has 1 aromatic carbocycles. The van der Waals surface area contributed by atoms with E-state index in [1.165, 1.54) is 18.2 Å². The van der Waals surface area contributed by atoms with Crippen molar-refractivity contribution in [1.82, 2.24) is 0 Å². The van der Waals surface area contributed by atoms with Crippen LogP contribution in [0.25, 0.3) is 0 Å². The first-order chi connectivity index (χ1) is 7.11. The van der Waals surface area contributed by atoms with Crippen LogP contribution >= 0.6 is 11.6 Å². The van der Waals surface area contributed by atoms with Crippen LogP contribution in [-0.4, -0.2) is 33.6 Å². The summed E-state index contributed by atoms with van der Waals surface area (Å²) in [4.78, 5) is 10.5. The van der Waals surface area contributed by atoms with Gasteiger partial charge in [-0.15, -0.1) is 11.6 Å². The second-order valence-corrected chi connectivity index (χ2v) is 3.38. The largest absolute Gasteiger partial charge is 0.507 e. The van der Waals surface area contributed by atoms with Crippen LogP contribution in [0.2, 0.25) is 0 Å². The normalized spacial score (nSPS) is 14.6. The van der Waals surface area contributed by atoms with Gasteiger partial charge < -0.3 is 15.3 Å². The minimum atomic E-state index is -1.30. The van der Waals surface area contributed by atoms with E-state index in [-0.39, 0.29) is 22.8 Å². The van der Waals surface area contributed by atoms with Gasteiger partial charge in [0.05, 0.1) is 17.5 Å². The summed E-state index contributed by atoms with van der Waals surface area (Å²) in [6.07, 6.45) is -2.01. The molecule has 1 aromatic rings. The summed E-state index contributed by atoms with van der Waals surface area (Å²) in [5.74, 6) is -0.490. The van der Waals surface area contributed by atoms with Gasteiger partial charge >= 0.3 is 0 Å². The number of carbonyl (C=O) groups is 1. The number of halogens is 1. The number of hydrogen-bond donors (Lipinski definition) is 3. The van der Waals surface area contributed by atoms with Crippen LogP contribution < -0.4 is 0 Å². The average Bonchev–Trinajstić information content (AvgIpc) is 2.27. The van der Waals surface area contributed by atoms with Crippen LogP contribution in [0.15, 0.2) is 18.2 Å². The molecule has 0 saturated heterocycles. The van der Waals surface area contributed by atoms with Gasteiger partial charge in [-0.3, -0.25) is 4.79 Å². The van der Waals surface area contributed by atoms with Crippen LogP contribution in [0.1, 0.15) is 22.0 Å². The fourth-order valence-electron chi connectivity index (χ4n) is 1.21. The first-order valence-electron chi connectivity index (χ1n) is 4.31. The summed E-state index contributed by atoms with van der Waals surface area (Å²) >= 11 is 5.36. The molecule has 0 fully saturated rings. The van der Waals surface area contributed by atoms with Crippen molar-refractivity contribution in [1.29, 1.82) is 0 Å². The van der Waals surface area contributed by atoms with Crippen molar-refractivity contribution in [2.24, 2.45) is 0 Å². The first-order valence-corrected chi connectivity index (χ1v) is 4.84. The van der Waals surface area contributed by atoms with Crippen LogP contribution in [0.3, 0.4) is 0 Å². The predicted octanol–water partition coefficient (Wildman–Crippen LogP) is 0.838. The molecule has 0 amide bonds. The summed E-state index contributed by atoms with van der Waals surface area (Å²) in [6, 6.07) is 4.33. The van der Waals surface area contributed by atoms with Gasteiger partial charge in [0.2, 0.25) is 0 Å². The van der Waals surface area contributed by atoms with E-state index in [1.807, 2.05) is 0 Å². The summed E-state index contributed by atoms with van der Waals surface area (Å²) in [7, 11) is 0. The lowest BCUT2D eigenvalue weighted by Crippen LogP contribution is -2.19. The Balaban J connectivity index is 3.09. The monoisotopic (exact) mass is 230 g/mol. The van der Waals surface area contributed by atoms with Crippen molar-refractivity contribution in [3.8, 4) is 5.75 Å². The van der Waals surface area contributed by atoms with E-state index in [0.717, 1.165) is 0 Å². The van der Waals surface area contributed by atoms with Crippen LogP contribution in [0, 0.1) is 0 Å². The molecule has 0 saturated carbocycles. The number of hydrogen-bond acceptors (Lipinski definition) is 4. The zero-order chi connectivity index (χ0) is 11.4. The van der Waals surface area contributed by atoms with E-state index in [0.29, 0.717) is 6.29 Å². The molecule has 0 spiro atoms. The van der Waals surface area contributed by atoms with Gasteiger partial charge in [-0.2, -0.15) is 0 Å². The van der Waals surface area contributed by atoms with Crippen LogP contribution in [0.4, 0.5) is 0 Å².